The number of ether oxygens (including phenoxy) is 2. The Morgan fingerprint density at radius 2 is 2.00 bits per heavy atom. The first kappa shape index (κ1) is 19.5. The number of fused-ring (bicyclic) bond motifs is 2. The van der Waals surface area contributed by atoms with Gasteiger partial charge < -0.3 is 19.9 Å². The molecule has 3 heterocycles. The summed E-state index contributed by atoms with van der Waals surface area (Å²) in [5.74, 6) is 0. The molecule has 2 saturated heterocycles. The molecule has 9 heteroatoms. The summed E-state index contributed by atoms with van der Waals surface area (Å²) in [6, 6.07) is 7.91. The Bertz CT molecular complexity index is 956. The molecule has 2 aliphatic rings. The van der Waals surface area contributed by atoms with Crippen molar-refractivity contribution >= 4 is 9.84 Å². The highest BCUT2D eigenvalue weighted by molar-refractivity contribution is 7.90. The van der Waals surface area contributed by atoms with Crippen LogP contribution in [-0.2, 0) is 25.9 Å². The molecule has 0 unspecified atom stereocenters. The van der Waals surface area contributed by atoms with Crippen molar-refractivity contribution in [1.82, 2.24) is 15.1 Å². The molecule has 2 bridgehead atoms. The number of aromatic nitrogens is 2. The molecule has 0 saturated carbocycles. The van der Waals surface area contributed by atoms with E-state index in [1.54, 1.807) is 28.9 Å². The van der Waals surface area contributed by atoms with Crippen LogP contribution in [0.4, 0.5) is 0 Å². The number of aliphatic hydroxyl groups excluding tert-OH is 1. The van der Waals surface area contributed by atoms with Gasteiger partial charge in [-0.1, -0.05) is 12.1 Å². The van der Waals surface area contributed by atoms with Crippen molar-refractivity contribution in [1.29, 1.82) is 0 Å². The van der Waals surface area contributed by atoms with Crippen LogP contribution in [0.2, 0.25) is 0 Å². The Balaban J connectivity index is 1.50. The van der Waals surface area contributed by atoms with Crippen LogP contribution in [0.15, 0.2) is 35.2 Å². The number of hydrogen-bond donors (Lipinski definition) is 2. The van der Waals surface area contributed by atoms with Gasteiger partial charge >= 0.3 is 0 Å². The maximum Gasteiger partial charge on any atom is 0.183 e. The lowest BCUT2D eigenvalue weighted by Gasteiger charge is -2.39. The van der Waals surface area contributed by atoms with Gasteiger partial charge in [0.1, 0.15) is 12.1 Å². The highest BCUT2D eigenvalue weighted by atomic mass is 32.2. The number of sulfone groups is 1. The highest BCUT2D eigenvalue weighted by Gasteiger charge is 2.51. The third-order valence-corrected chi connectivity index (χ3v) is 6.48. The van der Waals surface area contributed by atoms with E-state index in [1.807, 2.05) is 19.9 Å². The SMILES string of the molecule is Cc1cc(C)n([C@H]2[C@@H]3OC[C@@H](O3)[C@@H](NCc3ccc(S(C)(=O)=O)cc3)[C@@H]2O)n1. The van der Waals surface area contributed by atoms with E-state index < -0.39 is 28.3 Å². The molecule has 2 aliphatic heterocycles. The summed E-state index contributed by atoms with van der Waals surface area (Å²) >= 11 is 0. The van der Waals surface area contributed by atoms with E-state index in [-0.39, 0.29) is 17.0 Å². The van der Waals surface area contributed by atoms with E-state index in [4.69, 9.17) is 9.47 Å². The molecule has 0 radical (unpaired) electrons. The van der Waals surface area contributed by atoms with Crippen LogP contribution >= 0.6 is 0 Å². The fraction of sp³-hybridized carbons (Fsp3) is 0.526. The van der Waals surface area contributed by atoms with Gasteiger partial charge in [-0.25, -0.2) is 8.42 Å². The van der Waals surface area contributed by atoms with Gasteiger partial charge in [0.05, 0.1) is 29.3 Å². The van der Waals surface area contributed by atoms with Gasteiger partial charge in [-0.2, -0.15) is 5.10 Å². The fourth-order valence-corrected chi connectivity index (χ4v) is 4.58. The number of hydrogen-bond acceptors (Lipinski definition) is 7. The summed E-state index contributed by atoms with van der Waals surface area (Å²) in [4.78, 5) is 0.286. The second-order valence-electron chi connectivity index (χ2n) is 7.55. The van der Waals surface area contributed by atoms with Crippen LogP contribution in [0.3, 0.4) is 0 Å². The molecule has 2 N–H and O–H groups in total. The smallest absolute Gasteiger partial charge is 0.183 e. The van der Waals surface area contributed by atoms with Crippen molar-refractivity contribution in [2.24, 2.45) is 0 Å². The highest BCUT2D eigenvalue weighted by Crippen LogP contribution is 2.36. The number of nitrogens with zero attached hydrogens (tertiary/aromatic N) is 2. The molecule has 0 spiro atoms. The van der Waals surface area contributed by atoms with Gasteiger partial charge in [-0.15, -0.1) is 0 Å². The molecule has 8 nitrogen and oxygen atoms in total. The monoisotopic (exact) mass is 407 g/mol. The minimum atomic E-state index is -3.22. The lowest BCUT2D eigenvalue weighted by Crippen LogP contribution is -2.57. The van der Waals surface area contributed by atoms with E-state index in [1.165, 1.54) is 6.26 Å². The quantitative estimate of drug-likeness (QED) is 0.753. The fourth-order valence-electron chi connectivity index (χ4n) is 3.95. The molecule has 4 rings (SSSR count). The second-order valence-corrected chi connectivity index (χ2v) is 9.57. The normalized spacial score (nSPS) is 29.9. The van der Waals surface area contributed by atoms with Gasteiger partial charge in [0.15, 0.2) is 16.1 Å². The Kier molecular flexibility index (Phi) is 5.05. The molecule has 0 amide bonds. The number of aryl methyl sites for hydroxylation is 2. The summed E-state index contributed by atoms with van der Waals surface area (Å²) in [7, 11) is -3.22. The standard InChI is InChI=1S/C19H25N3O5S/c1-11-8-12(2)22(21-11)17-18(23)16(15-10-26-19(17)27-15)20-9-13-4-6-14(7-5-13)28(3,24)25/h4-8,15-20,23H,9-10H2,1-3H3/t15-,16-,17-,18+,19-/m1/s1. The van der Waals surface area contributed by atoms with Crippen molar-refractivity contribution in [2.75, 3.05) is 12.9 Å². The average molecular weight is 407 g/mol. The zero-order valence-electron chi connectivity index (χ0n) is 16.1. The van der Waals surface area contributed by atoms with E-state index in [9.17, 15) is 13.5 Å². The zero-order chi connectivity index (χ0) is 20.1. The number of nitrogens with one attached hydrogen (secondary N) is 1. The molecule has 2 aromatic rings. The number of aliphatic hydroxyl groups is 1. The van der Waals surface area contributed by atoms with Crippen LogP contribution in [-0.4, -0.2) is 60.7 Å². The third kappa shape index (κ3) is 3.60. The maximum atomic E-state index is 11.6. The number of benzene rings is 1. The maximum absolute atomic E-state index is 11.6. The predicted molar refractivity (Wildman–Crippen MR) is 102 cm³/mol. The van der Waals surface area contributed by atoms with Gasteiger partial charge in [-0.05, 0) is 37.6 Å². The predicted octanol–water partition coefficient (Wildman–Crippen LogP) is 0.719. The molecule has 0 aliphatic carbocycles. The van der Waals surface area contributed by atoms with Gasteiger partial charge in [0.25, 0.3) is 0 Å². The molecular weight excluding hydrogens is 382 g/mol. The van der Waals surface area contributed by atoms with Crippen molar-refractivity contribution in [3.63, 3.8) is 0 Å². The topological polar surface area (TPSA) is 103 Å². The van der Waals surface area contributed by atoms with Crippen molar-refractivity contribution in [2.45, 2.75) is 55.9 Å². The van der Waals surface area contributed by atoms with Crippen molar-refractivity contribution in [3.05, 3.63) is 47.3 Å². The number of rotatable bonds is 5. The van der Waals surface area contributed by atoms with Crippen molar-refractivity contribution < 1.29 is 23.0 Å². The summed E-state index contributed by atoms with van der Waals surface area (Å²) in [6.07, 6.45) is -0.320. The van der Waals surface area contributed by atoms with Crippen LogP contribution in [0, 0.1) is 13.8 Å². The lowest BCUT2D eigenvalue weighted by atomic mass is 9.95. The largest absolute Gasteiger partial charge is 0.389 e. The molecule has 5 atom stereocenters. The zero-order valence-corrected chi connectivity index (χ0v) is 16.9. The Morgan fingerprint density at radius 3 is 2.61 bits per heavy atom. The molecular formula is C19H25N3O5S. The molecule has 1 aromatic heterocycles. The first-order valence-corrected chi connectivity index (χ1v) is 11.1. The molecule has 152 valence electrons. The average Bonchev–Trinajstić information content (AvgIpc) is 3.19. The summed E-state index contributed by atoms with van der Waals surface area (Å²) in [6.45, 7) is 4.73. The Hall–Kier alpha value is -1.78. The van der Waals surface area contributed by atoms with E-state index in [0.717, 1.165) is 17.0 Å². The summed E-state index contributed by atoms with van der Waals surface area (Å²) in [5.41, 5.74) is 2.73. The minimum Gasteiger partial charge on any atom is -0.389 e. The van der Waals surface area contributed by atoms with E-state index >= 15 is 0 Å². The molecule has 28 heavy (non-hydrogen) atoms. The third-order valence-electron chi connectivity index (χ3n) is 5.35. The minimum absolute atomic E-state index is 0.247. The summed E-state index contributed by atoms with van der Waals surface area (Å²) in [5, 5.41) is 18.9. The van der Waals surface area contributed by atoms with Gasteiger partial charge in [-0.3, -0.25) is 4.68 Å². The van der Waals surface area contributed by atoms with Crippen LogP contribution in [0.1, 0.15) is 23.0 Å². The van der Waals surface area contributed by atoms with Crippen LogP contribution in [0.5, 0.6) is 0 Å². The second kappa shape index (κ2) is 7.23. The van der Waals surface area contributed by atoms with Crippen LogP contribution < -0.4 is 5.32 Å². The molecule has 1 aromatic carbocycles. The molecule has 2 fully saturated rings. The van der Waals surface area contributed by atoms with Gasteiger partial charge in [0, 0.05) is 18.5 Å². The van der Waals surface area contributed by atoms with E-state index in [0.29, 0.717) is 13.2 Å². The van der Waals surface area contributed by atoms with Crippen LogP contribution in [0.25, 0.3) is 0 Å². The van der Waals surface area contributed by atoms with Gasteiger partial charge in [0.2, 0.25) is 0 Å². The first-order chi connectivity index (χ1) is 13.2. The Labute approximate surface area is 164 Å². The van der Waals surface area contributed by atoms with E-state index in [2.05, 4.69) is 10.4 Å². The Morgan fingerprint density at radius 1 is 1.29 bits per heavy atom. The van der Waals surface area contributed by atoms with Crippen molar-refractivity contribution in [3.8, 4) is 0 Å². The first-order valence-electron chi connectivity index (χ1n) is 9.24. The lowest BCUT2D eigenvalue weighted by molar-refractivity contribution is -0.168. The summed E-state index contributed by atoms with van der Waals surface area (Å²) < 4.78 is 36.7.